The van der Waals surface area contributed by atoms with Gasteiger partial charge in [-0.3, -0.25) is 19.7 Å². The average Bonchev–Trinajstić information content (AvgIpc) is 3.37. The highest BCUT2D eigenvalue weighted by atomic mass is 16.2. The second kappa shape index (κ2) is 8.84. The van der Waals surface area contributed by atoms with Crippen molar-refractivity contribution in [1.82, 2.24) is 20.9 Å². The molecule has 2 saturated heterocycles. The summed E-state index contributed by atoms with van der Waals surface area (Å²) in [5.74, 6) is -0.255. The predicted molar refractivity (Wildman–Crippen MR) is 120 cm³/mol. The van der Waals surface area contributed by atoms with E-state index < -0.39 is 6.04 Å². The first kappa shape index (κ1) is 20.8. The van der Waals surface area contributed by atoms with Gasteiger partial charge in [0.05, 0.1) is 0 Å². The molecule has 0 saturated carbocycles. The number of carbonyl (C=O) groups is 3. The number of hydrogen-bond acceptors (Lipinski definition) is 5. The fraction of sp³-hybridized carbons (Fsp3) is 0.400. The topological polar surface area (TPSA) is 90.5 Å². The summed E-state index contributed by atoms with van der Waals surface area (Å²) < 4.78 is 0. The number of nitrogens with zero attached hydrogens (tertiary/aromatic N) is 1. The van der Waals surface area contributed by atoms with Gasteiger partial charge in [0.25, 0.3) is 5.91 Å². The van der Waals surface area contributed by atoms with E-state index in [2.05, 4.69) is 46.3 Å². The maximum Gasteiger partial charge on any atom is 0.255 e. The van der Waals surface area contributed by atoms with E-state index in [0.29, 0.717) is 37.0 Å². The van der Waals surface area contributed by atoms with Crippen LogP contribution in [0.25, 0.3) is 0 Å². The van der Waals surface area contributed by atoms with Crippen molar-refractivity contribution < 1.29 is 14.4 Å². The second-order valence-electron chi connectivity index (χ2n) is 8.94. The molecule has 32 heavy (non-hydrogen) atoms. The Balaban J connectivity index is 1.27. The van der Waals surface area contributed by atoms with Gasteiger partial charge in [0, 0.05) is 37.7 Å². The summed E-state index contributed by atoms with van der Waals surface area (Å²) in [5.41, 5.74) is 4.09. The number of fused-ring (bicyclic) bond motifs is 1. The van der Waals surface area contributed by atoms with E-state index in [4.69, 9.17) is 0 Å². The van der Waals surface area contributed by atoms with E-state index in [1.165, 1.54) is 5.56 Å². The van der Waals surface area contributed by atoms with Crippen LogP contribution in [0.2, 0.25) is 0 Å². The minimum Gasteiger partial charge on any atom is -0.322 e. The van der Waals surface area contributed by atoms with Crippen LogP contribution in [0.5, 0.6) is 0 Å². The van der Waals surface area contributed by atoms with Gasteiger partial charge in [0.15, 0.2) is 0 Å². The van der Waals surface area contributed by atoms with Crippen molar-refractivity contribution >= 4 is 17.7 Å². The summed E-state index contributed by atoms with van der Waals surface area (Å²) >= 11 is 0. The molecule has 3 amide bonds. The molecule has 0 spiro atoms. The summed E-state index contributed by atoms with van der Waals surface area (Å²) in [7, 11) is 0. The molecule has 3 atom stereocenters. The molecule has 166 valence electrons. The summed E-state index contributed by atoms with van der Waals surface area (Å²) in [6, 6.07) is 16.1. The Bertz CT molecular complexity index is 1040. The van der Waals surface area contributed by atoms with Gasteiger partial charge in [0.2, 0.25) is 11.8 Å². The molecule has 3 N–H and O–H groups in total. The monoisotopic (exact) mass is 432 g/mol. The fourth-order valence-electron chi connectivity index (χ4n) is 5.16. The third-order valence-corrected chi connectivity index (χ3v) is 6.91. The van der Waals surface area contributed by atoms with Crippen LogP contribution in [-0.4, -0.2) is 47.8 Å². The lowest BCUT2D eigenvalue weighted by Crippen LogP contribution is -2.52. The van der Waals surface area contributed by atoms with Crippen LogP contribution in [0.4, 0.5) is 0 Å². The van der Waals surface area contributed by atoms with Crippen molar-refractivity contribution in [2.24, 2.45) is 5.92 Å². The molecule has 7 heteroatoms. The van der Waals surface area contributed by atoms with E-state index in [-0.39, 0.29) is 24.1 Å². The molecule has 3 aliphatic rings. The summed E-state index contributed by atoms with van der Waals surface area (Å²) in [6.45, 7) is 3.00. The number of hydrogen-bond donors (Lipinski definition) is 3. The van der Waals surface area contributed by atoms with Gasteiger partial charge in [-0.05, 0) is 48.1 Å². The summed E-state index contributed by atoms with van der Waals surface area (Å²) in [6.07, 6.45) is 1.68. The molecule has 3 aliphatic heterocycles. The van der Waals surface area contributed by atoms with Gasteiger partial charge in [-0.2, -0.15) is 0 Å². The third kappa shape index (κ3) is 4.06. The molecule has 1 unspecified atom stereocenters. The summed E-state index contributed by atoms with van der Waals surface area (Å²) in [4.78, 5) is 38.4. The Labute approximate surface area is 187 Å². The molecule has 3 heterocycles. The summed E-state index contributed by atoms with van der Waals surface area (Å²) in [5, 5.41) is 9.57. The number of benzene rings is 2. The van der Waals surface area contributed by atoms with Crippen LogP contribution in [-0.2, 0) is 29.1 Å². The van der Waals surface area contributed by atoms with E-state index in [9.17, 15) is 14.4 Å². The zero-order chi connectivity index (χ0) is 22.1. The Morgan fingerprint density at radius 2 is 1.84 bits per heavy atom. The molecule has 2 aromatic rings. The van der Waals surface area contributed by atoms with Crippen LogP contribution in [0.3, 0.4) is 0 Å². The van der Waals surface area contributed by atoms with E-state index in [1.807, 2.05) is 18.2 Å². The zero-order valence-electron chi connectivity index (χ0n) is 18.0. The normalized spacial score (nSPS) is 25.2. The highest BCUT2D eigenvalue weighted by molar-refractivity contribution is 6.05. The predicted octanol–water partition coefficient (Wildman–Crippen LogP) is 1.37. The molecule has 0 aromatic heterocycles. The quantitative estimate of drug-likeness (QED) is 0.600. The van der Waals surface area contributed by atoms with Crippen LogP contribution < -0.4 is 16.0 Å². The molecule has 7 nitrogen and oxygen atoms in total. The van der Waals surface area contributed by atoms with E-state index >= 15 is 0 Å². The number of nitrogens with one attached hydrogen (secondary N) is 3. The molecule has 0 bridgehead atoms. The van der Waals surface area contributed by atoms with Gasteiger partial charge >= 0.3 is 0 Å². The minimum absolute atomic E-state index is 0.124. The number of carbonyl (C=O) groups excluding carboxylic acids is 3. The first-order chi connectivity index (χ1) is 15.6. The second-order valence-corrected chi connectivity index (χ2v) is 8.94. The minimum atomic E-state index is -0.581. The third-order valence-electron chi connectivity index (χ3n) is 6.91. The molecular formula is C25H28N4O3. The van der Waals surface area contributed by atoms with Crippen LogP contribution in [0, 0.1) is 5.92 Å². The van der Waals surface area contributed by atoms with Crippen LogP contribution in [0.15, 0.2) is 48.5 Å². The van der Waals surface area contributed by atoms with Crippen molar-refractivity contribution in [3.63, 3.8) is 0 Å². The molecule has 5 rings (SSSR count). The van der Waals surface area contributed by atoms with Crippen molar-refractivity contribution in [3.8, 4) is 0 Å². The lowest BCUT2D eigenvalue weighted by molar-refractivity contribution is -0.136. The van der Waals surface area contributed by atoms with Crippen molar-refractivity contribution in [1.29, 1.82) is 0 Å². The lowest BCUT2D eigenvalue weighted by Gasteiger charge is -2.29. The van der Waals surface area contributed by atoms with Crippen molar-refractivity contribution in [2.45, 2.75) is 44.4 Å². The number of rotatable bonds is 6. The van der Waals surface area contributed by atoms with E-state index in [1.54, 1.807) is 4.90 Å². The molecule has 0 aliphatic carbocycles. The zero-order valence-corrected chi connectivity index (χ0v) is 18.0. The highest BCUT2D eigenvalue weighted by Crippen LogP contribution is 2.30. The Morgan fingerprint density at radius 1 is 1.00 bits per heavy atom. The Hall–Kier alpha value is -3.03. The first-order valence-corrected chi connectivity index (χ1v) is 11.3. The van der Waals surface area contributed by atoms with Crippen LogP contribution in [0.1, 0.15) is 39.9 Å². The van der Waals surface area contributed by atoms with Gasteiger partial charge in [0.1, 0.15) is 6.04 Å². The highest BCUT2D eigenvalue weighted by Gasteiger charge is 2.39. The number of piperidine rings is 1. The first-order valence-electron chi connectivity index (χ1n) is 11.3. The molecule has 2 fully saturated rings. The molecule has 2 aromatic carbocycles. The SMILES string of the molecule is O=C1CCC(N2Cc3c(CN[C@@H]4CNC[C@@H]4Cc4ccccc4)cccc3C2=O)C(=O)N1. The number of amides is 3. The van der Waals surface area contributed by atoms with Crippen LogP contribution >= 0.6 is 0 Å². The smallest absolute Gasteiger partial charge is 0.255 e. The largest absolute Gasteiger partial charge is 0.322 e. The van der Waals surface area contributed by atoms with Crippen molar-refractivity contribution in [3.05, 3.63) is 70.8 Å². The maximum atomic E-state index is 13.0. The van der Waals surface area contributed by atoms with Gasteiger partial charge in [-0.25, -0.2) is 0 Å². The van der Waals surface area contributed by atoms with Gasteiger partial charge < -0.3 is 15.5 Å². The fourth-order valence-corrected chi connectivity index (χ4v) is 5.16. The van der Waals surface area contributed by atoms with Gasteiger partial charge in [-0.15, -0.1) is 0 Å². The molecular weight excluding hydrogens is 404 g/mol. The number of imide groups is 1. The Morgan fingerprint density at radius 3 is 2.66 bits per heavy atom. The Kier molecular flexibility index (Phi) is 5.76. The average molecular weight is 433 g/mol. The van der Waals surface area contributed by atoms with Gasteiger partial charge in [-0.1, -0.05) is 42.5 Å². The maximum absolute atomic E-state index is 13.0. The standard InChI is InChI=1S/C25H28N4O3/c30-23-10-9-22(24(31)28-23)29-15-20-17(7-4-8-19(20)25(29)32)13-27-21-14-26-12-18(21)11-16-5-2-1-3-6-16/h1-8,18,21-22,26-27H,9-15H2,(H,28,30,31)/t18-,21+,22?/m0/s1. The molecule has 0 radical (unpaired) electrons. The lowest BCUT2D eigenvalue weighted by atomic mass is 9.94. The van der Waals surface area contributed by atoms with E-state index in [0.717, 1.165) is 30.6 Å². The van der Waals surface area contributed by atoms with Crippen molar-refractivity contribution in [2.75, 3.05) is 13.1 Å².